The molecule has 1 aliphatic heterocycles. The van der Waals surface area contributed by atoms with E-state index in [-0.39, 0.29) is 5.91 Å². The summed E-state index contributed by atoms with van der Waals surface area (Å²) in [6.07, 6.45) is 3.24. The molecule has 0 aliphatic carbocycles. The lowest BCUT2D eigenvalue weighted by Gasteiger charge is -2.26. The van der Waals surface area contributed by atoms with E-state index < -0.39 is 0 Å². The van der Waals surface area contributed by atoms with Crippen molar-refractivity contribution in [1.29, 1.82) is 0 Å². The molecule has 0 aromatic heterocycles. The maximum Gasteiger partial charge on any atom is 0.257 e. The highest BCUT2D eigenvalue weighted by Gasteiger charge is 2.24. The predicted molar refractivity (Wildman–Crippen MR) is 85.2 cm³/mol. The molecule has 1 aliphatic rings. The number of methoxy groups -OCH3 is 1. The fourth-order valence-electron chi connectivity index (χ4n) is 2.74. The zero-order valence-corrected chi connectivity index (χ0v) is 13.4. The van der Waals surface area contributed by atoms with Crippen LogP contribution < -0.4 is 10.1 Å². The van der Waals surface area contributed by atoms with Crippen LogP contribution in [0.15, 0.2) is 18.2 Å². The van der Waals surface area contributed by atoms with Gasteiger partial charge in [0.15, 0.2) is 0 Å². The largest absolute Gasteiger partial charge is 0.496 e. The highest BCUT2D eigenvalue weighted by atomic mass is 35.5. The molecule has 116 valence electrons. The van der Waals surface area contributed by atoms with Crippen LogP contribution in [0.2, 0.25) is 5.02 Å². The Kier molecular flexibility index (Phi) is 5.88. The van der Waals surface area contributed by atoms with Crippen molar-refractivity contribution in [2.45, 2.75) is 32.2 Å². The molecule has 0 bridgehead atoms. The number of rotatable bonds is 6. The SMILES string of the molecule is CCCN(CC1CCCN1)C(=O)c1cc(Cl)ccc1OC. The van der Waals surface area contributed by atoms with Crippen LogP contribution >= 0.6 is 11.6 Å². The number of halogens is 1. The number of amides is 1. The first-order valence-corrected chi connectivity index (χ1v) is 7.89. The molecule has 0 saturated carbocycles. The Balaban J connectivity index is 2.18. The highest BCUT2D eigenvalue weighted by molar-refractivity contribution is 6.31. The number of hydrogen-bond donors (Lipinski definition) is 1. The number of carbonyl (C=O) groups excluding carboxylic acids is 1. The Hall–Kier alpha value is -1.26. The van der Waals surface area contributed by atoms with Crippen molar-refractivity contribution in [1.82, 2.24) is 10.2 Å². The first kappa shape index (κ1) is 16.1. The second-order valence-corrected chi connectivity index (χ2v) is 5.83. The molecule has 0 radical (unpaired) electrons. The van der Waals surface area contributed by atoms with Gasteiger partial charge in [-0.1, -0.05) is 18.5 Å². The smallest absolute Gasteiger partial charge is 0.257 e. The second kappa shape index (κ2) is 7.66. The van der Waals surface area contributed by atoms with Crippen molar-refractivity contribution in [3.05, 3.63) is 28.8 Å². The standard InChI is InChI=1S/C16H23ClN2O2/c1-3-9-19(11-13-5-4-8-18-13)16(20)14-10-12(17)6-7-15(14)21-2/h6-7,10,13,18H,3-5,8-9,11H2,1-2H3. The molecular weight excluding hydrogens is 288 g/mol. The lowest BCUT2D eigenvalue weighted by atomic mass is 10.1. The van der Waals surface area contributed by atoms with Crippen molar-refractivity contribution < 1.29 is 9.53 Å². The molecule has 5 heteroatoms. The monoisotopic (exact) mass is 310 g/mol. The van der Waals surface area contributed by atoms with E-state index in [0.717, 1.165) is 32.5 Å². The normalized spacial score (nSPS) is 17.8. The minimum absolute atomic E-state index is 0.00935. The summed E-state index contributed by atoms with van der Waals surface area (Å²) in [7, 11) is 1.57. The van der Waals surface area contributed by atoms with Gasteiger partial charge in [0.1, 0.15) is 5.75 Å². The maximum absolute atomic E-state index is 12.8. The molecular formula is C16H23ClN2O2. The van der Waals surface area contributed by atoms with Crippen LogP contribution in [-0.2, 0) is 0 Å². The highest BCUT2D eigenvalue weighted by Crippen LogP contribution is 2.24. The predicted octanol–water partition coefficient (Wildman–Crippen LogP) is 2.95. The minimum Gasteiger partial charge on any atom is -0.496 e. The minimum atomic E-state index is -0.00935. The van der Waals surface area contributed by atoms with Gasteiger partial charge in [-0.05, 0) is 44.0 Å². The van der Waals surface area contributed by atoms with Gasteiger partial charge < -0.3 is 15.0 Å². The molecule has 1 atom stereocenters. The molecule has 1 N–H and O–H groups in total. The Morgan fingerprint density at radius 1 is 1.52 bits per heavy atom. The van der Waals surface area contributed by atoms with Gasteiger partial charge in [0, 0.05) is 24.2 Å². The topological polar surface area (TPSA) is 41.6 Å². The molecule has 4 nitrogen and oxygen atoms in total. The molecule has 1 aromatic carbocycles. The van der Waals surface area contributed by atoms with E-state index in [1.54, 1.807) is 25.3 Å². The summed E-state index contributed by atoms with van der Waals surface area (Å²) >= 11 is 6.03. The summed E-state index contributed by atoms with van der Waals surface area (Å²) in [5.41, 5.74) is 0.538. The summed E-state index contributed by atoms with van der Waals surface area (Å²) < 4.78 is 5.30. The summed E-state index contributed by atoms with van der Waals surface area (Å²) in [6, 6.07) is 5.56. The van der Waals surface area contributed by atoms with Gasteiger partial charge in [-0.3, -0.25) is 4.79 Å². The first-order chi connectivity index (χ1) is 10.2. The maximum atomic E-state index is 12.8. The number of ether oxygens (including phenoxy) is 1. The summed E-state index contributed by atoms with van der Waals surface area (Å²) in [5.74, 6) is 0.565. The lowest BCUT2D eigenvalue weighted by molar-refractivity contribution is 0.0738. The van der Waals surface area contributed by atoms with Crippen LogP contribution in [0.3, 0.4) is 0 Å². The van der Waals surface area contributed by atoms with Crippen molar-refractivity contribution in [3.63, 3.8) is 0 Å². The van der Waals surface area contributed by atoms with Gasteiger partial charge >= 0.3 is 0 Å². The zero-order chi connectivity index (χ0) is 15.2. The van der Waals surface area contributed by atoms with E-state index in [1.807, 2.05) is 4.90 Å². The van der Waals surface area contributed by atoms with E-state index in [0.29, 0.717) is 22.4 Å². The van der Waals surface area contributed by atoms with E-state index >= 15 is 0 Å². The molecule has 1 aromatic rings. The fraction of sp³-hybridized carbons (Fsp3) is 0.562. The van der Waals surface area contributed by atoms with Crippen LogP contribution in [0, 0.1) is 0 Å². The molecule has 0 spiro atoms. The van der Waals surface area contributed by atoms with E-state index in [2.05, 4.69) is 12.2 Å². The molecule has 2 rings (SSSR count). The van der Waals surface area contributed by atoms with Gasteiger partial charge in [0.05, 0.1) is 12.7 Å². The molecule has 1 saturated heterocycles. The Morgan fingerprint density at radius 3 is 2.95 bits per heavy atom. The number of nitrogens with zero attached hydrogens (tertiary/aromatic N) is 1. The van der Waals surface area contributed by atoms with E-state index in [4.69, 9.17) is 16.3 Å². The lowest BCUT2D eigenvalue weighted by Crippen LogP contribution is -2.41. The van der Waals surface area contributed by atoms with Gasteiger partial charge in [-0.2, -0.15) is 0 Å². The van der Waals surface area contributed by atoms with Gasteiger partial charge in [-0.15, -0.1) is 0 Å². The van der Waals surface area contributed by atoms with E-state index in [1.165, 1.54) is 6.42 Å². The Bertz CT molecular complexity index is 487. The van der Waals surface area contributed by atoms with Crippen molar-refractivity contribution >= 4 is 17.5 Å². The van der Waals surface area contributed by atoms with Crippen LogP contribution in [0.25, 0.3) is 0 Å². The third kappa shape index (κ3) is 4.11. The molecule has 1 unspecified atom stereocenters. The Labute approximate surface area is 131 Å². The average molecular weight is 311 g/mol. The first-order valence-electron chi connectivity index (χ1n) is 7.52. The molecule has 1 heterocycles. The second-order valence-electron chi connectivity index (χ2n) is 5.39. The number of carbonyl (C=O) groups is 1. The molecule has 1 amide bonds. The van der Waals surface area contributed by atoms with E-state index in [9.17, 15) is 4.79 Å². The van der Waals surface area contributed by atoms with Crippen molar-refractivity contribution in [2.75, 3.05) is 26.7 Å². The third-order valence-corrected chi connectivity index (χ3v) is 4.01. The van der Waals surface area contributed by atoms with Crippen molar-refractivity contribution in [3.8, 4) is 5.75 Å². The fourth-order valence-corrected chi connectivity index (χ4v) is 2.91. The number of hydrogen-bond acceptors (Lipinski definition) is 3. The number of benzene rings is 1. The summed E-state index contributed by atoms with van der Waals surface area (Å²) in [5, 5.41) is 3.99. The van der Waals surface area contributed by atoms with Crippen LogP contribution in [0.4, 0.5) is 0 Å². The Morgan fingerprint density at radius 2 is 2.33 bits per heavy atom. The number of nitrogens with one attached hydrogen (secondary N) is 1. The van der Waals surface area contributed by atoms with Crippen molar-refractivity contribution in [2.24, 2.45) is 0 Å². The van der Waals surface area contributed by atoms with Crippen LogP contribution in [-0.4, -0.2) is 43.6 Å². The molecule has 1 fully saturated rings. The van der Waals surface area contributed by atoms with Gasteiger partial charge in [0.25, 0.3) is 5.91 Å². The van der Waals surface area contributed by atoms with Crippen LogP contribution in [0.1, 0.15) is 36.5 Å². The quantitative estimate of drug-likeness (QED) is 0.878. The summed E-state index contributed by atoms with van der Waals surface area (Å²) in [6.45, 7) is 4.60. The summed E-state index contributed by atoms with van der Waals surface area (Å²) in [4.78, 5) is 14.7. The average Bonchev–Trinajstić information content (AvgIpc) is 2.99. The molecule has 21 heavy (non-hydrogen) atoms. The van der Waals surface area contributed by atoms with Gasteiger partial charge in [0.2, 0.25) is 0 Å². The zero-order valence-electron chi connectivity index (χ0n) is 12.7. The van der Waals surface area contributed by atoms with Gasteiger partial charge in [-0.25, -0.2) is 0 Å². The van der Waals surface area contributed by atoms with Crippen LogP contribution in [0.5, 0.6) is 5.75 Å². The third-order valence-electron chi connectivity index (χ3n) is 3.78.